The summed E-state index contributed by atoms with van der Waals surface area (Å²) in [6, 6.07) is 12.0. The van der Waals surface area contributed by atoms with Gasteiger partial charge in [0.2, 0.25) is 5.91 Å². The Labute approximate surface area is 158 Å². The molecule has 0 radical (unpaired) electrons. The van der Waals surface area contributed by atoms with Crippen molar-refractivity contribution in [1.29, 1.82) is 0 Å². The number of ether oxygens (including phenoxy) is 1. The number of amides is 2. The number of aryl methyl sites for hydroxylation is 1. The van der Waals surface area contributed by atoms with Gasteiger partial charge in [0.25, 0.3) is 5.91 Å². The Kier molecular flexibility index (Phi) is 5.26. The lowest BCUT2D eigenvalue weighted by Gasteiger charge is -2.33. The zero-order chi connectivity index (χ0) is 19.6. The zero-order valence-electron chi connectivity index (χ0n) is 15.6. The summed E-state index contributed by atoms with van der Waals surface area (Å²) in [6.07, 6.45) is 0. The van der Waals surface area contributed by atoms with Crippen molar-refractivity contribution in [1.82, 2.24) is 5.32 Å². The molecule has 1 N–H and O–H groups in total. The van der Waals surface area contributed by atoms with Crippen molar-refractivity contribution in [3.8, 4) is 5.75 Å². The second kappa shape index (κ2) is 7.61. The summed E-state index contributed by atoms with van der Waals surface area (Å²) in [7, 11) is 0. The van der Waals surface area contributed by atoms with Crippen LogP contribution in [-0.4, -0.2) is 30.2 Å². The highest BCUT2D eigenvalue weighted by atomic mass is 16.5. The molecule has 0 aliphatic carbocycles. The number of nitrogens with one attached hydrogen (secondary N) is 1. The van der Waals surface area contributed by atoms with E-state index >= 15 is 0 Å². The second-order valence-electron chi connectivity index (χ2n) is 6.67. The number of hydrogen-bond acceptors (Lipinski definition) is 4. The van der Waals surface area contributed by atoms with E-state index in [0.717, 1.165) is 11.1 Å². The molecule has 1 atom stereocenters. The van der Waals surface area contributed by atoms with Crippen LogP contribution in [0.15, 0.2) is 42.5 Å². The zero-order valence-corrected chi connectivity index (χ0v) is 15.6. The molecule has 2 aromatic rings. The first-order chi connectivity index (χ1) is 12.9. The fourth-order valence-electron chi connectivity index (χ4n) is 2.97. The lowest BCUT2D eigenvalue weighted by Crippen LogP contribution is -2.51. The first-order valence-electron chi connectivity index (χ1n) is 8.80. The van der Waals surface area contributed by atoms with Crippen molar-refractivity contribution in [2.45, 2.75) is 33.4 Å². The van der Waals surface area contributed by atoms with E-state index in [9.17, 15) is 14.4 Å². The molecule has 1 aliphatic rings. The van der Waals surface area contributed by atoms with Gasteiger partial charge in [-0.3, -0.25) is 19.3 Å². The van der Waals surface area contributed by atoms with Crippen LogP contribution in [0.3, 0.4) is 0 Å². The molecule has 3 rings (SSSR count). The van der Waals surface area contributed by atoms with Crippen molar-refractivity contribution in [3.63, 3.8) is 0 Å². The van der Waals surface area contributed by atoms with Crippen molar-refractivity contribution in [2.75, 3.05) is 11.5 Å². The average Bonchev–Trinajstić information content (AvgIpc) is 2.66. The van der Waals surface area contributed by atoms with Crippen molar-refractivity contribution < 1.29 is 19.1 Å². The van der Waals surface area contributed by atoms with E-state index in [1.807, 2.05) is 31.2 Å². The summed E-state index contributed by atoms with van der Waals surface area (Å²) in [5.74, 6) is -0.226. The predicted octanol–water partition coefficient (Wildman–Crippen LogP) is 2.63. The van der Waals surface area contributed by atoms with E-state index in [-0.39, 0.29) is 24.2 Å². The van der Waals surface area contributed by atoms with Gasteiger partial charge in [0.15, 0.2) is 12.4 Å². The number of nitrogens with zero attached hydrogens (tertiary/aromatic N) is 1. The molecule has 0 aromatic heterocycles. The van der Waals surface area contributed by atoms with E-state index in [1.165, 1.54) is 11.8 Å². The molecule has 0 spiro atoms. The van der Waals surface area contributed by atoms with Gasteiger partial charge in [0, 0.05) is 12.1 Å². The summed E-state index contributed by atoms with van der Waals surface area (Å²) < 4.78 is 5.44. The Morgan fingerprint density at radius 2 is 1.89 bits per heavy atom. The molecule has 0 bridgehead atoms. The van der Waals surface area contributed by atoms with Gasteiger partial charge >= 0.3 is 0 Å². The molecule has 2 amide bonds. The van der Waals surface area contributed by atoms with Crippen LogP contribution >= 0.6 is 0 Å². The predicted molar refractivity (Wildman–Crippen MR) is 102 cm³/mol. The molecule has 1 aliphatic heterocycles. The van der Waals surface area contributed by atoms with Crippen LogP contribution in [0.1, 0.15) is 35.3 Å². The molecule has 27 heavy (non-hydrogen) atoms. The van der Waals surface area contributed by atoms with E-state index < -0.39 is 6.04 Å². The topological polar surface area (TPSA) is 75.7 Å². The molecule has 0 saturated heterocycles. The van der Waals surface area contributed by atoms with Crippen molar-refractivity contribution >= 4 is 23.3 Å². The molecule has 6 heteroatoms. The van der Waals surface area contributed by atoms with E-state index in [0.29, 0.717) is 23.5 Å². The maximum Gasteiger partial charge on any atom is 0.265 e. The SMILES string of the molecule is CC(=O)c1ccc2c(c1)N(C(C)C(=O)NCc1ccc(C)cc1)C(=O)CO2. The minimum absolute atomic E-state index is 0.118. The minimum Gasteiger partial charge on any atom is -0.482 e. The Morgan fingerprint density at radius 3 is 2.56 bits per heavy atom. The third-order valence-electron chi connectivity index (χ3n) is 4.60. The molecule has 0 saturated carbocycles. The molecular weight excluding hydrogens is 344 g/mol. The summed E-state index contributed by atoms with van der Waals surface area (Å²) in [5, 5.41) is 2.86. The van der Waals surface area contributed by atoms with Crippen LogP contribution in [0.5, 0.6) is 5.75 Å². The first-order valence-corrected chi connectivity index (χ1v) is 8.80. The van der Waals surface area contributed by atoms with Crippen LogP contribution in [0.25, 0.3) is 0 Å². The summed E-state index contributed by atoms with van der Waals surface area (Å²) >= 11 is 0. The molecule has 140 valence electrons. The first kappa shape index (κ1) is 18.6. The lowest BCUT2D eigenvalue weighted by molar-refractivity contribution is -0.127. The number of rotatable bonds is 5. The molecule has 0 fully saturated rings. The smallest absolute Gasteiger partial charge is 0.265 e. The van der Waals surface area contributed by atoms with Gasteiger partial charge in [0.1, 0.15) is 11.8 Å². The number of benzene rings is 2. The van der Waals surface area contributed by atoms with Gasteiger partial charge in [-0.15, -0.1) is 0 Å². The molecule has 6 nitrogen and oxygen atoms in total. The summed E-state index contributed by atoms with van der Waals surface area (Å²) in [5.41, 5.74) is 3.03. The minimum atomic E-state index is -0.729. The molecule has 1 unspecified atom stereocenters. The Morgan fingerprint density at radius 1 is 1.19 bits per heavy atom. The number of ketones is 1. The lowest BCUT2D eigenvalue weighted by atomic mass is 10.1. The Hall–Kier alpha value is -3.15. The van der Waals surface area contributed by atoms with Crippen LogP contribution in [-0.2, 0) is 16.1 Å². The standard InChI is InChI=1S/C21H22N2O4/c1-13-4-6-16(7-5-13)11-22-21(26)14(2)23-18-10-17(15(3)24)8-9-19(18)27-12-20(23)25/h4-10,14H,11-12H2,1-3H3,(H,22,26). The molecule has 2 aromatic carbocycles. The number of hydrogen-bond donors (Lipinski definition) is 1. The Bertz CT molecular complexity index is 890. The number of anilines is 1. The van der Waals surface area contributed by atoms with Gasteiger partial charge in [-0.25, -0.2) is 0 Å². The highest BCUT2D eigenvalue weighted by molar-refractivity contribution is 6.05. The third-order valence-corrected chi connectivity index (χ3v) is 4.60. The van der Waals surface area contributed by atoms with E-state index in [1.54, 1.807) is 25.1 Å². The van der Waals surface area contributed by atoms with Gasteiger partial charge < -0.3 is 10.1 Å². The Balaban J connectivity index is 1.79. The second-order valence-corrected chi connectivity index (χ2v) is 6.67. The van der Waals surface area contributed by atoms with Crippen LogP contribution in [0, 0.1) is 6.92 Å². The number of carbonyl (C=O) groups excluding carboxylic acids is 3. The number of carbonyl (C=O) groups is 3. The molecular formula is C21H22N2O4. The van der Waals surface area contributed by atoms with E-state index in [4.69, 9.17) is 4.74 Å². The monoisotopic (exact) mass is 366 g/mol. The molecule has 1 heterocycles. The van der Waals surface area contributed by atoms with Gasteiger partial charge in [-0.05, 0) is 44.5 Å². The van der Waals surface area contributed by atoms with Crippen molar-refractivity contribution in [2.24, 2.45) is 0 Å². The van der Waals surface area contributed by atoms with Crippen LogP contribution < -0.4 is 15.0 Å². The largest absolute Gasteiger partial charge is 0.482 e. The average molecular weight is 366 g/mol. The van der Waals surface area contributed by atoms with Crippen molar-refractivity contribution in [3.05, 3.63) is 59.2 Å². The third kappa shape index (κ3) is 4.00. The fourth-order valence-corrected chi connectivity index (χ4v) is 2.97. The number of fused-ring (bicyclic) bond motifs is 1. The summed E-state index contributed by atoms with van der Waals surface area (Å²) in [6.45, 7) is 5.36. The summed E-state index contributed by atoms with van der Waals surface area (Å²) in [4.78, 5) is 38.2. The fraction of sp³-hybridized carbons (Fsp3) is 0.286. The maximum absolute atomic E-state index is 12.6. The van der Waals surface area contributed by atoms with Crippen LogP contribution in [0.2, 0.25) is 0 Å². The van der Waals surface area contributed by atoms with E-state index in [2.05, 4.69) is 5.32 Å². The highest BCUT2D eigenvalue weighted by Gasteiger charge is 2.33. The normalized spacial score (nSPS) is 14.2. The van der Waals surface area contributed by atoms with Gasteiger partial charge in [-0.1, -0.05) is 29.8 Å². The quantitative estimate of drug-likeness (QED) is 0.826. The number of Topliss-reactive ketones (excluding diaryl/α,β-unsaturated/α-hetero) is 1. The highest BCUT2D eigenvalue weighted by Crippen LogP contribution is 2.34. The van der Waals surface area contributed by atoms with Gasteiger partial charge in [-0.2, -0.15) is 0 Å². The van der Waals surface area contributed by atoms with Gasteiger partial charge in [0.05, 0.1) is 5.69 Å². The van der Waals surface area contributed by atoms with Crippen LogP contribution in [0.4, 0.5) is 5.69 Å². The maximum atomic E-state index is 12.6.